The summed E-state index contributed by atoms with van der Waals surface area (Å²) in [5.41, 5.74) is 0.125. The Balaban J connectivity index is 2.07. The van der Waals surface area contributed by atoms with Crippen molar-refractivity contribution in [2.45, 2.75) is 25.0 Å². The summed E-state index contributed by atoms with van der Waals surface area (Å²) in [6.07, 6.45) is 2.71. The van der Waals surface area contributed by atoms with Crippen molar-refractivity contribution in [3.05, 3.63) is 48.0 Å². The number of rotatable bonds is 3. The predicted octanol–water partition coefficient (Wildman–Crippen LogP) is 1.46. The van der Waals surface area contributed by atoms with Crippen molar-refractivity contribution in [3.63, 3.8) is 0 Å². The molecule has 16 heavy (non-hydrogen) atoms. The van der Waals surface area contributed by atoms with Crippen LogP contribution in [0.4, 0.5) is 0 Å². The van der Waals surface area contributed by atoms with E-state index in [1.54, 1.807) is 13.0 Å². The molecular formula is C13H14O3. The van der Waals surface area contributed by atoms with Crippen LogP contribution in [0.15, 0.2) is 42.5 Å². The Hall–Kier alpha value is -1.61. The van der Waals surface area contributed by atoms with Gasteiger partial charge in [-0.05, 0) is 18.6 Å². The Morgan fingerprint density at radius 2 is 2.06 bits per heavy atom. The number of carbonyl (C=O) groups excluding carboxylic acids is 1. The molecular weight excluding hydrogens is 204 g/mol. The zero-order valence-corrected chi connectivity index (χ0v) is 9.09. The van der Waals surface area contributed by atoms with Gasteiger partial charge in [0.1, 0.15) is 6.10 Å². The predicted molar refractivity (Wildman–Crippen MR) is 59.8 cm³/mol. The molecule has 0 bridgehead atoms. The lowest BCUT2D eigenvalue weighted by molar-refractivity contribution is -0.152. The smallest absolute Gasteiger partial charge is 0.331 e. The lowest BCUT2D eigenvalue weighted by atomic mass is 9.94. The maximum atomic E-state index is 11.0. The second-order valence-corrected chi connectivity index (χ2v) is 4.14. The number of aliphatic hydroxyl groups is 1. The molecule has 1 aliphatic rings. The van der Waals surface area contributed by atoms with Crippen LogP contribution in [-0.4, -0.2) is 22.8 Å². The number of hydrogen-bond acceptors (Lipinski definition) is 3. The number of aliphatic hydroxyl groups excluding tert-OH is 1. The third kappa shape index (κ3) is 2.14. The van der Waals surface area contributed by atoms with Crippen molar-refractivity contribution in [2.24, 2.45) is 0 Å². The molecule has 0 spiro atoms. The van der Waals surface area contributed by atoms with E-state index in [1.807, 2.05) is 30.3 Å². The summed E-state index contributed by atoms with van der Waals surface area (Å²) in [5.74, 6) is -0.394. The van der Waals surface area contributed by atoms with E-state index in [-0.39, 0.29) is 0 Å². The summed E-state index contributed by atoms with van der Waals surface area (Å²) in [6, 6.07) is 9.63. The van der Waals surface area contributed by atoms with Crippen molar-refractivity contribution < 1.29 is 14.6 Å². The maximum Gasteiger partial charge on any atom is 0.331 e. The van der Waals surface area contributed by atoms with Gasteiger partial charge in [0.25, 0.3) is 0 Å². The van der Waals surface area contributed by atoms with Gasteiger partial charge in [-0.25, -0.2) is 4.79 Å². The fourth-order valence-corrected chi connectivity index (χ4v) is 1.74. The average molecular weight is 218 g/mol. The van der Waals surface area contributed by atoms with E-state index in [9.17, 15) is 9.90 Å². The normalized spacial score (nSPS) is 25.5. The second-order valence-electron chi connectivity index (χ2n) is 4.14. The SMILES string of the molecule is C[C@]1([C@@H](O)Cc2ccccc2)C=CC(=O)O1. The Morgan fingerprint density at radius 3 is 2.62 bits per heavy atom. The number of esters is 1. The Labute approximate surface area is 94.4 Å². The molecule has 2 atom stereocenters. The summed E-state index contributed by atoms with van der Waals surface area (Å²) in [6.45, 7) is 1.71. The highest BCUT2D eigenvalue weighted by atomic mass is 16.6. The molecule has 84 valence electrons. The van der Waals surface area contributed by atoms with E-state index in [4.69, 9.17) is 4.74 Å². The highest BCUT2D eigenvalue weighted by Gasteiger charge is 2.37. The molecule has 1 aliphatic heterocycles. The van der Waals surface area contributed by atoms with Crippen molar-refractivity contribution in [1.29, 1.82) is 0 Å². The number of hydrogen-bond donors (Lipinski definition) is 1. The molecule has 0 fully saturated rings. The summed E-state index contributed by atoms with van der Waals surface area (Å²) in [4.78, 5) is 11.0. The molecule has 3 nitrogen and oxygen atoms in total. The molecule has 0 aliphatic carbocycles. The minimum Gasteiger partial charge on any atom is -0.449 e. The van der Waals surface area contributed by atoms with Crippen LogP contribution >= 0.6 is 0 Å². The Kier molecular flexibility index (Phi) is 2.79. The standard InChI is InChI=1S/C13H14O3/c1-13(8-7-12(15)16-13)11(14)9-10-5-3-2-4-6-10/h2-8,11,14H,9H2,1H3/t11-,13+/m0/s1. The largest absolute Gasteiger partial charge is 0.449 e. The first kappa shape index (κ1) is 10.9. The molecule has 0 unspecified atom stereocenters. The number of cyclic esters (lactones) is 1. The average Bonchev–Trinajstić information content (AvgIpc) is 2.61. The molecule has 0 saturated carbocycles. The van der Waals surface area contributed by atoms with Gasteiger partial charge in [0.15, 0.2) is 5.60 Å². The van der Waals surface area contributed by atoms with E-state index in [0.29, 0.717) is 6.42 Å². The third-order valence-electron chi connectivity index (χ3n) is 2.80. The molecule has 3 heteroatoms. The molecule has 0 saturated heterocycles. The fraction of sp³-hybridized carbons (Fsp3) is 0.308. The minimum atomic E-state index is -0.896. The first-order chi connectivity index (χ1) is 7.60. The van der Waals surface area contributed by atoms with Gasteiger partial charge in [-0.3, -0.25) is 0 Å². The van der Waals surface area contributed by atoms with Crippen LogP contribution in [0.1, 0.15) is 12.5 Å². The maximum absolute atomic E-state index is 11.0. The summed E-state index contributed by atoms with van der Waals surface area (Å²) in [5, 5.41) is 10.1. The second kappa shape index (κ2) is 4.10. The van der Waals surface area contributed by atoms with Gasteiger partial charge in [0, 0.05) is 12.5 Å². The van der Waals surface area contributed by atoms with Crippen molar-refractivity contribution >= 4 is 5.97 Å². The van der Waals surface area contributed by atoms with Gasteiger partial charge in [-0.15, -0.1) is 0 Å². The van der Waals surface area contributed by atoms with Crippen LogP contribution < -0.4 is 0 Å². The van der Waals surface area contributed by atoms with Crippen LogP contribution in [0, 0.1) is 0 Å². The number of carbonyl (C=O) groups is 1. The van der Waals surface area contributed by atoms with Gasteiger partial charge < -0.3 is 9.84 Å². The van der Waals surface area contributed by atoms with E-state index in [2.05, 4.69) is 0 Å². The van der Waals surface area contributed by atoms with Crippen molar-refractivity contribution in [2.75, 3.05) is 0 Å². The number of benzene rings is 1. The summed E-state index contributed by atoms with van der Waals surface area (Å²) >= 11 is 0. The molecule has 1 N–H and O–H groups in total. The first-order valence-corrected chi connectivity index (χ1v) is 5.24. The molecule has 0 radical (unpaired) electrons. The minimum absolute atomic E-state index is 0.394. The Morgan fingerprint density at radius 1 is 1.38 bits per heavy atom. The topological polar surface area (TPSA) is 46.5 Å². The monoisotopic (exact) mass is 218 g/mol. The van der Waals surface area contributed by atoms with E-state index in [0.717, 1.165) is 5.56 Å². The van der Waals surface area contributed by atoms with Gasteiger partial charge in [0.2, 0.25) is 0 Å². The zero-order chi connectivity index (χ0) is 11.6. The summed E-state index contributed by atoms with van der Waals surface area (Å²) < 4.78 is 5.08. The van der Waals surface area contributed by atoms with E-state index in [1.165, 1.54) is 6.08 Å². The van der Waals surface area contributed by atoms with Crippen LogP contribution in [0.2, 0.25) is 0 Å². The van der Waals surface area contributed by atoms with Crippen LogP contribution in [0.5, 0.6) is 0 Å². The lowest BCUT2D eigenvalue weighted by Gasteiger charge is -2.27. The highest BCUT2D eigenvalue weighted by molar-refractivity contribution is 5.85. The van der Waals surface area contributed by atoms with Gasteiger partial charge in [-0.1, -0.05) is 30.3 Å². The lowest BCUT2D eigenvalue weighted by Crippen LogP contribution is -2.40. The van der Waals surface area contributed by atoms with Crippen molar-refractivity contribution in [1.82, 2.24) is 0 Å². The molecule has 2 rings (SSSR count). The molecule has 0 aromatic heterocycles. The van der Waals surface area contributed by atoms with Gasteiger partial charge >= 0.3 is 5.97 Å². The third-order valence-corrected chi connectivity index (χ3v) is 2.80. The van der Waals surface area contributed by atoms with Crippen LogP contribution in [0.3, 0.4) is 0 Å². The van der Waals surface area contributed by atoms with Gasteiger partial charge in [0.05, 0.1) is 0 Å². The highest BCUT2D eigenvalue weighted by Crippen LogP contribution is 2.25. The van der Waals surface area contributed by atoms with Crippen molar-refractivity contribution in [3.8, 4) is 0 Å². The van der Waals surface area contributed by atoms with Crippen LogP contribution in [0.25, 0.3) is 0 Å². The zero-order valence-electron chi connectivity index (χ0n) is 9.09. The molecule has 1 aromatic carbocycles. The van der Waals surface area contributed by atoms with E-state index >= 15 is 0 Å². The van der Waals surface area contributed by atoms with Crippen LogP contribution in [-0.2, 0) is 16.0 Å². The molecule has 1 aromatic rings. The fourth-order valence-electron chi connectivity index (χ4n) is 1.74. The molecule has 0 amide bonds. The summed E-state index contributed by atoms with van der Waals surface area (Å²) in [7, 11) is 0. The number of ether oxygens (including phenoxy) is 1. The quantitative estimate of drug-likeness (QED) is 0.781. The Bertz CT molecular complexity index is 410. The van der Waals surface area contributed by atoms with Gasteiger partial charge in [-0.2, -0.15) is 0 Å². The van der Waals surface area contributed by atoms with E-state index < -0.39 is 17.7 Å². The molecule has 1 heterocycles. The first-order valence-electron chi connectivity index (χ1n) is 5.24.